The molecule has 2 saturated heterocycles. The number of amides is 2. The third-order valence-electron chi connectivity index (χ3n) is 5.42. The SMILES string of the molecule is COCc1cnn(-c2cc(NC(=O)N3C4CC(C)CC3C4)ccc2C)n1. The summed E-state index contributed by atoms with van der Waals surface area (Å²) in [6.07, 6.45) is 5.07. The maximum Gasteiger partial charge on any atom is 0.322 e. The van der Waals surface area contributed by atoms with Gasteiger partial charge in [0.15, 0.2) is 0 Å². The lowest BCUT2D eigenvalue weighted by Crippen LogP contribution is -2.63. The molecule has 3 heterocycles. The highest BCUT2D eigenvalue weighted by molar-refractivity contribution is 5.90. The molecule has 2 aliphatic heterocycles. The first-order valence-electron chi connectivity index (χ1n) is 9.15. The Morgan fingerprint density at radius 2 is 2.08 bits per heavy atom. The average Bonchev–Trinajstić information content (AvgIpc) is 3.05. The third kappa shape index (κ3) is 3.07. The van der Waals surface area contributed by atoms with E-state index in [1.807, 2.05) is 30.0 Å². The summed E-state index contributed by atoms with van der Waals surface area (Å²) >= 11 is 0. The minimum absolute atomic E-state index is 0.00134. The summed E-state index contributed by atoms with van der Waals surface area (Å²) in [6.45, 7) is 4.70. The summed E-state index contributed by atoms with van der Waals surface area (Å²) in [5.41, 5.74) is 3.42. The fourth-order valence-electron chi connectivity index (χ4n) is 4.19. The number of aromatic nitrogens is 3. The second-order valence-corrected chi connectivity index (χ2v) is 7.52. The fourth-order valence-corrected chi connectivity index (χ4v) is 4.19. The quantitative estimate of drug-likeness (QED) is 0.914. The van der Waals surface area contributed by atoms with Crippen molar-refractivity contribution >= 4 is 11.7 Å². The monoisotopic (exact) mass is 355 g/mol. The number of aryl methyl sites for hydroxylation is 1. The number of rotatable bonds is 4. The number of anilines is 1. The number of ether oxygens (including phenoxy) is 1. The number of hydrogen-bond donors (Lipinski definition) is 1. The predicted octanol–water partition coefficient (Wildman–Crippen LogP) is 3.13. The zero-order valence-electron chi connectivity index (χ0n) is 15.5. The summed E-state index contributed by atoms with van der Waals surface area (Å²) in [5, 5.41) is 11.8. The van der Waals surface area contributed by atoms with E-state index in [-0.39, 0.29) is 6.03 Å². The van der Waals surface area contributed by atoms with Gasteiger partial charge in [-0.25, -0.2) is 4.79 Å². The van der Waals surface area contributed by atoms with Crippen LogP contribution in [0.2, 0.25) is 0 Å². The Kier molecular flexibility index (Phi) is 4.40. The van der Waals surface area contributed by atoms with Gasteiger partial charge in [0.1, 0.15) is 5.69 Å². The van der Waals surface area contributed by atoms with Crippen LogP contribution in [0.3, 0.4) is 0 Å². The molecule has 0 spiro atoms. The number of carbonyl (C=O) groups excluding carboxylic acids is 1. The molecule has 2 amide bonds. The van der Waals surface area contributed by atoms with Gasteiger partial charge in [-0.2, -0.15) is 15.0 Å². The molecule has 2 aliphatic rings. The van der Waals surface area contributed by atoms with Gasteiger partial charge in [0.25, 0.3) is 0 Å². The van der Waals surface area contributed by atoms with Crippen LogP contribution in [0, 0.1) is 12.8 Å². The van der Waals surface area contributed by atoms with Gasteiger partial charge in [-0.1, -0.05) is 13.0 Å². The van der Waals surface area contributed by atoms with E-state index in [0.717, 1.165) is 47.8 Å². The number of nitrogens with one attached hydrogen (secondary N) is 1. The van der Waals surface area contributed by atoms with Gasteiger partial charge in [0.05, 0.1) is 18.5 Å². The van der Waals surface area contributed by atoms with Gasteiger partial charge in [0, 0.05) is 24.9 Å². The molecular weight excluding hydrogens is 330 g/mol. The maximum atomic E-state index is 12.7. The van der Waals surface area contributed by atoms with E-state index in [0.29, 0.717) is 18.7 Å². The number of fused-ring (bicyclic) bond motifs is 2. The second-order valence-electron chi connectivity index (χ2n) is 7.52. The molecule has 0 aliphatic carbocycles. The molecule has 138 valence electrons. The molecule has 1 aromatic carbocycles. The number of hydrogen-bond acceptors (Lipinski definition) is 4. The average molecular weight is 355 g/mol. The van der Waals surface area contributed by atoms with Crippen LogP contribution < -0.4 is 5.32 Å². The summed E-state index contributed by atoms with van der Waals surface area (Å²) in [4.78, 5) is 16.3. The molecule has 0 saturated carbocycles. The van der Waals surface area contributed by atoms with Crippen molar-refractivity contribution < 1.29 is 9.53 Å². The Bertz CT molecular complexity index is 806. The van der Waals surface area contributed by atoms with Crippen molar-refractivity contribution in [3.05, 3.63) is 35.7 Å². The highest BCUT2D eigenvalue weighted by atomic mass is 16.5. The number of piperidine rings is 1. The second kappa shape index (κ2) is 6.72. The van der Waals surface area contributed by atoms with Crippen molar-refractivity contribution in [1.29, 1.82) is 0 Å². The zero-order chi connectivity index (χ0) is 18.3. The first-order chi connectivity index (χ1) is 12.5. The Hall–Kier alpha value is -2.41. The van der Waals surface area contributed by atoms with Gasteiger partial charge < -0.3 is 15.0 Å². The molecular formula is C19H25N5O2. The van der Waals surface area contributed by atoms with Crippen molar-refractivity contribution in [2.24, 2.45) is 5.92 Å². The highest BCUT2D eigenvalue weighted by Crippen LogP contribution is 2.41. The molecule has 0 radical (unpaired) electrons. The van der Waals surface area contributed by atoms with Crippen LogP contribution in [0.25, 0.3) is 5.69 Å². The van der Waals surface area contributed by atoms with Crippen LogP contribution in [0.1, 0.15) is 37.4 Å². The Morgan fingerprint density at radius 3 is 2.81 bits per heavy atom. The van der Waals surface area contributed by atoms with Crippen molar-refractivity contribution in [1.82, 2.24) is 19.9 Å². The minimum Gasteiger partial charge on any atom is -0.378 e. The Balaban J connectivity index is 1.50. The van der Waals surface area contributed by atoms with E-state index in [1.54, 1.807) is 18.1 Å². The smallest absolute Gasteiger partial charge is 0.322 e. The van der Waals surface area contributed by atoms with E-state index in [2.05, 4.69) is 22.4 Å². The zero-order valence-corrected chi connectivity index (χ0v) is 15.5. The lowest BCUT2D eigenvalue weighted by atomic mass is 9.74. The minimum atomic E-state index is 0.00134. The molecule has 2 bridgehead atoms. The summed E-state index contributed by atoms with van der Waals surface area (Å²) in [7, 11) is 1.63. The molecule has 7 heteroatoms. The van der Waals surface area contributed by atoms with Crippen LogP contribution >= 0.6 is 0 Å². The van der Waals surface area contributed by atoms with Gasteiger partial charge in [-0.05, 0) is 49.8 Å². The van der Waals surface area contributed by atoms with Crippen LogP contribution in [-0.2, 0) is 11.3 Å². The van der Waals surface area contributed by atoms with E-state index in [9.17, 15) is 4.79 Å². The standard InChI is InChI=1S/C19H25N5O2/c1-12-6-16-9-17(7-12)23(16)19(25)21-14-5-4-13(2)18(8-14)24-20-10-15(22-24)11-26-3/h4-5,8,10,12,16-17H,6-7,9,11H2,1-3H3,(H,21,25). The summed E-state index contributed by atoms with van der Waals surface area (Å²) in [6, 6.07) is 6.62. The van der Waals surface area contributed by atoms with Crippen molar-refractivity contribution in [2.45, 2.75) is 51.8 Å². The lowest BCUT2D eigenvalue weighted by Gasteiger charge is -2.54. The van der Waals surface area contributed by atoms with Gasteiger partial charge in [0.2, 0.25) is 0 Å². The molecule has 2 aromatic rings. The summed E-state index contributed by atoms with van der Waals surface area (Å²) < 4.78 is 5.09. The molecule has 26 heavy (non-hydrogen) atoms. The number of methoxy groups -OCH3 is 1. The fraction of sp³-hybridized carbons (Fsp3) is 0.526. The van der Waals surface area contributed by atoms with E-state index in [4.69, 9.17) is 4.74 Å². The molecule has 1 aromatic heterocycles. The van der Waals surface area contributed by atoms with Crippen molar-refractivity contribution in [3.8, 4) is 5.69 Å². The molecule has 7 nitrogen and oxygen atoms in total. The van der Waals surface area contributed by atoms with E-state index in [1.165, 1.54) is 0 Å². The molecule has 2 fully saturated rings. The summed E-state index contributed by atoms with van der Waals surface area (Å²) in [5.74, 6) is 0.723. The normalized spacial score (nSPS) is 24.3. The van der Waals surface area contributed by atoms with Gasteiger partial charge in [-0.3, -0.25) is 0 Å². The number of nitrogens with zero attached hydrogens (tertiary/aromatic N) is 4. The van der Waals surface area contributed by atoms with Crippen LogP contribution in [0.5, 0.6) is 0 Å². The van der Waals surface area contributed by atoms with Crippen LogP contribution in [0.15, 0.2) is 24.4 Å². The van der Waals surface area contributed by atoms with E-state index < -0.39 is 0 Å². The Morgan fingerprint density at radius 1 is 1.31 bits per heavy atom. The molecule has 2 unspecified atom stereocenters. The maximum absolute atomic E-state index is 12.7. The first-order valence-corrected chi connectivity index (χ1v) is 9.15. The lowest BCUT2D eigenvalue weighted by molar-refractivity contribution is -0.00600. The largest absolute Gasteiger partial charge is 0.378 e. The van der Waals surface area contributed by atoms with Gasteiger partial charge in [-0.15, -0.1) is 0 Å². The van der Waals surface area contributed by atoms with Crippen molar-refractivity contribution in [2.75, 3.05) is 12.4 Å². The highest BCUT2D eigenvalue weighted by Gasteiger charge is 2.46. The molecule has 2 atom stereocenters. The number of urea groups is 1. The van der Waals surface area contributed by atoms with Crippen LogP contribution in [-0.4, -0.2) is 45.1 Å². The van der Waals surface area contributed by atoms with Gasteiger partial charge >= 0.3 is 6.03 Å². The molecule has 4 rings (SSSR count). The number of carbonyl (C=O) groups is 1. The van der Waals surface area contributed by atoms with E-state index >= 15 is 0 Å². The topological polar surface area (TPSA) is 72.3 Å². The number of benzene rings is 1. The van der Waals surface area contributed by atoms with Crippen LogP contribution in [0.4, 0.5) is 10.5 Å². The Labute approximate surface area is 153 Å². The first kappa shape index (κ1) is 17.0. The molecule has 1 N–H and O–H groups in total. The van der Waals surface area contributed by atoms with Crippen molar-refractivity contribution in [3.63, 3.8) is 0 Å². The third-order valence-corrected chi connectivity index (χ3v) is 5.42. The predicted molar refractivity (Wildman–Crippen MR) is 98.3 cm³/mol.